The largest absolute Gasteiger partial charge is 0.465 e. The highest BCUT2D eigenvalue weighted by molar-refractivity contribution is 5.80. The van der Waals surface area contributed by atoms with Crippen molar-refractivity contribution < 1.29 is 4.42 Å². The summed E-state index contributed by atoms with van der Waals surface area (Å²) >= 11 is 0. The van der Waals surface area contributed by atoms with Gasteiger partial charge in [0.25, 0.3) is 0 Å². The van der Waals surface area contributed by atoms with E-state index < -0.39 is 0 Å². The molecule has 5 heteroatoms. The first-order chi connectivity index (χ1) is 11.8. The second-order valence-corrected chi connectivity index (χ2v) is 7.05. The first-order valence-electron chi connectivity index (χ1n) is 9.61. The van der Waals surface area contributed by atoms with Gasteiger partial charge in [-0.15, -0.1) is 0 Å². The van der Waals surface area contributed by atoms with Gasteiger partial charge in [0.05, 0.1) is 12.6 Å². The molecule has 2 N–H and O–H groups in total. The van der Waals surface area contributed by atoms with Crippen molar-refractivity contribution in [1.29, 1.82) is 0 Å². The first kappa shape index (κ1) is 17.3. The molecule has 134 valence electrons. The highest BCUT2D eigenvalue weighted by Gasteiger charge is 2.26. The summed E-state index contributed by atoms with van der Waals surface area (Å²) in [5.74, 6) is 2.99. The van der Waals surface area contributed by atoms with Crippen molar-refractivity contribution in [1.82, 2.24) is 15.5 Å². The Morgan fingerprint density at radius 2 is 2.00 bits per heavy atom. The van der Waals surface area contributed by atoms with Gasteiger partial charge in [-0.2, -0.15) is 0 Å². The fraction of sp³-hybridized carbons (Fsp3) is 0.737. The maximum atomic E-state index is 5.93. The lowest BCUT2D eigenvalue weighted by Crippen LogP contribution is -2.43. The second-order valence-electron chi connectivity index (χ2n) is 7.05. The van der Waals surface area contributed by atoms with E-state index in [0.29, 0.717) is 6.04 Å². The third-order valence-electron chi connectivity index (χ3n) is 5.13. The zero-order valence-electron chi connectivity index (χ0n) is 15.2. The van der Waals surface area contributed by atoms with E-state index in [1.807, 2.05) is 6.92 Å². The molecule has 24 heavy (non-hydrogen) atoms. The van der Waals surface area contributed by atoms with E-state index in [9.17, 15) is 0 Å². The number of furan rings is 1. The highest BCUT2D eigenvalue weighted by Crippen LogP contribution is 2.27. The zero-order valence-corrected chi connectivity index (χ0v) is 15.2. The number of hydrogen-bond acceptors (Lipinski definition) is 3. The van der Waals surface area contributed by atoms with Crippen molar-refractivity contribution in [2.24, 2.45) is 4.99 Å². The molecule has 0 amide bonds. The molecule has 1 saturated carbocycles. The summed E-state index contributed by atoms with van der Waals surface area (Å²) < 4.78 is 5.93. The Kier molecular flexibility index (Phi) is 6.18. The van der Waals surface area contributed by atoms with E-state index in [1.54, 1.807) is 0 Å². The molecule has 2 heterocycles. The molecule has 1 saturated heterocycles. The van der Waals surface area contributed by atoms with Crippen LogP contribution in [0.25, 0.3) is 0 Å². The van der Waals surface area contributed by atoms with E-state index in [0.717, 1.165) is 43.7 Å². The summed E-state index contributed by atoms with van der Waals surface area (Å²) in [5, 5.41) is 7.01. The topological polar surface area (TPSA) is 52.8 Å². The summed E-state index contributed by atoms with van der Waals surface area (Å²) in [5.41, 5.74) is 0. The van der Waals surface area contributed by atoms with Crippen LogP contribution in [-0.4, -0.2) is 43.1 Å². The fourth-order valence-corrected chi connectivity index (χ4v) is 3.83. The van der Waals surface area contributed by atoms with E-state index in [1.165, 1.54) is 38.5 Å². The van der Waals surface area contributed by atoms with Crippen molar-refractivity contribution in [3.8, 4) is 0 Å². The molecule has 0 bridgehead atoms. The fourth-order valence-electron chi connectivity index (χ4n) is 3.83. The van der Waals surface area contributed by atoms with Crippen LogP contribution >= 0.6 is 0 Å². The maximum absolute atomic E-state index is 5.93. The van der Waals surface area contributed by atoms with Crippen LogP contribution < -0.4 is 10.6 Å². The number of guanidine groups is 1. The minimum Gasteiger partial charge on any atom is -0.465 e. The Labute approximate surface area is 145 Å². The monoisotopic (exact) mass is 332 g/mol. The Hall–Kier alpha value is -1.49. The molecular formula is C19H32N4O. The van der Waals surface area contributed by atoms with Crippen molar-refractivity contribution in [2.45, 2.75) is 64.5 Å². The number of likely N-dealkylation sites (tertiary alicyclic amines) is 1. The molecule has 0 radical (unpaired) electrons. The van der Waals surface area contributed by atoms with E-state index >= 15 is 0 Å². The average molecular weight is 332 g/mol. The summed E-state index contributed by atoms with van der Waals surface area (Å²) in [4.78, 5) is 7.42. The minimum absolute atomic E-state index is 0.250. The number of aryl methyl sites for hydroxylation is 1. The molecule has 1 unspecified atom stereocenters. The number of nitrogens with one attached hydrogen (secondary N) is 2. The minimum atomic E-state index is 0.250. The number of nitrogens with zero attached hydrogens (tertiary/aromatic N) is 2. The lowest BCUT2D eigenvalue weighted by molar-refractivity contribution is 0.219. The van der Waals surface area contributed by atoms with Gasteiger partial charge in [-0.05, 0) is 64.8 Å². The second kappa shape index (κ2) is 8.56. The van der Waals surface area contributed by atoms with Gasteiger partial charge in [0.15, 0.2) is 5.96 Å². The number of rotatable bonds is 6. The Morgan fingerprint density at radius 3 is 2.62 bits per heavy atom. The van der Waals surface area contributed by atoms with E-state index in [4.69, 9.17) is 9.41 Å². The van der Waals surface area contributed by atoms with Crippen LogP contribution in [0.15, 0.2) is 21.5 Å². The molecule has 1 atom stereocenters. The lowest BCUT2D eigenvalue weighted by Gasteiger charge is -2.25. The molecule has 3 rings (SSSR count). The van der Waals surface area contributed by atoms with Gasteiger partial charge in [0.2, 0.25) is 0 Å². The third kappa shape index (κ3) is 4.53. The van der Waals surface area contributed by atoms with Crippen LogP contribution in [-0.2, 0) is 0 Å². The van der Waals surface area contributed by atoms with Crippen LogP contribution in [0, 0.1) is 6.92 Å². The van der Waals surface area contributed by atoms with E-state index in [2.05, 4.69) is 34.6 Å². The molecule has 1 aromatic heterocycles. The molecule has 1 aromatic rings. The summed E-state index contributed by atoms with van der Waals surface area (Å²) in [6.07, 6.45) is 7.74. The Bertz CT molecular complexity index is 527. The predicted octanol–water partition coefficient (Wildman–Crippen LogP) is 3.22. The van der Waals surface area contributed by atoms with Gasteiger partial charge in [0, 0.05) is 12.6 Å². The smallest absolute Gasteiger partial charge is 0.191 e. The average Bonchev–Trinajstić information content (AvgIpc) is 3.31. The molecule has 1 aliphatic heterocycles. The molecule has 0 spiro atoms. The van der Waals surface area contributed by atoms with Gasteiger partial charge < -0.3 is 15.1 Å². The van der Waals surface area contributed by atoms with Crippen LogP contribution in [0.1, 0.15) is 63.0 Å². The van der Waals surface area contributed by atoms with Gasteiger partial charge in [0.1, 0.15) is 11.5 Å². The Morgan fingerprint density at radius 1 is 1.25 bits per heavy atom. The van der Waals surface area contributed by atoms with Gasteiger partial charge in [-0.3, -0.25) is 9.89 Å². The van der Waals surface area contributed by atoms with Crippen molar-refractivity contribution in [3.05, 3.63) is 23.7 Å². The molecule has 1 aliphatic carbocycles. The summed E-state index contributed by atoms with van der Waals surface area (Å²) in [6, 6.07) is 5.01. The van der Waals surface area contributed by atoms with Crippen LogP contribution in [0.3, 0.4) is 0 Å². The number of hydrogen-bond donors (Lipinski definition) is 2. The summed E-state index contributed by atoms with van der Waals surface area (Å²) in [6.45, 7) is 8.07. The number of aliphatic imine (C=N–C) groups is 1. The lowest BCUT2D eigenvalue weighted by atomic mass is 10.2. The normalized spacial score (nSPS) is 21.3. The molecule has 2 fully saturated rings. The van der Waals surface area contributed by atoms with E-state index in [-0.39, 0.29) is 6.04 Å². The standard InChI is InChI=1S/C19H32N4O/c1-3-20-19(22-16-8-4-5-9-16)21-14-17(23-12-6-7-13-23)18-11-10-15(2)24-18/h10-11,16-17H,3-9,12-14H2,1-2H3,(H2,20,21,22). The van der Waals surface area contributed by atoms with Gasteiger partial charge >= 0.3 is 0 Å². The molecule has 0 aromatic carbocycles. The van der Waals surface area contributed by atoms with Crippen LogP contribution in [0.2, 0.25) is 0 Å². The van der Waals surface area contributed by atoms with Crippen molar-refractivity contribution >= 4 is 5.96 Å². The van der Waals surface area contributed by atoms with Gasteiger partial charge in [-0.25, -0.2) is 0 Å². The quantitative estimate of drug-likeness (QED) is 0.620. The maximum Gasteiger partial charge on any atom is 0.191 e. The van der Waals surface area contributed by atoms with Gasteiger partial charge in [-0.1, -0.05) is 12.8 Å². The third-order valence-corrected chi connectivity index (χ3v) is 5.13. The highest BCUT2D eigenvalue weighted by atomic mass is 16.3. The predicted molar refractivity (Wildman–Crippen MR) is 98.4 cm³/mol. The Balaban J connectivity index is 1.69. The zero-order chi connectivity index (χ0) is 16.8. The first-order valence-corrected chi connectivity index (χ1v) is 9.61. The summed E-state index contributed by atoms with van der Waals surface area (Å²) in [7, 11) is 0. The molecule has 2 aliphatic rings. The van der Waals surface area contributed by atoms with Crippen LogP contribution in [0.5, 0.6) is 0 Å². The SMILES string of the molecule is CCNC(=NCC(c1ccc(C)o1)N1CCCC1)NC1CCCC1. The van der Waals surface area contributed by atoms with Crippen LogP contribution in [0.4, 0.5) is 0 Å². The van der Waals surface area contributed by atoms with Crippen molar-refractivity contribution in [3.63, 3.8) is 0 Å². The molecular weight excluding hydrogens is 300 g/mol. The van der Waals surface area contributed by atoms with Crippen molar-refractivity contribution in [2.75, 3.05) is 26.2 Å². The molecule has 5 nitrogen and oxygen atoms in total.